The molecule has 0 aliphatic rings. The summed E-state index contributed by atoms with van der Waals surface area (Å²) in [6.07, 6.45) is 71.6. The lowest BCUT2D eigenvalue weighted by atomic mass is 9.95. The molecule has 3 unspecified atom stereocenters. The molecule has 366 valence electrons. The Bertz CT molecular complexity index is 661. The molecule has 0 rings (SSSR count). The van der Waals surface area contributed by atoms with Crippen LogP contribution < -0.4 is 0 Å². The van der Waals surface area contributed by atoms with E-state index < -0.39 is 14.1 Å². The molecule has 0 fully saturated rings. The van der Waals surface area contributed by atoms with E-state index in [1.54, 1.807) is 54.4 Å². The molecule has 0 aromatic heterocycles. The van der Waals surface area contributed by atoms with E-state index in [0.717, 1.165) is 17.8 Å². The standard InChI is InChI=1S/3C20H41.Al/c3*1-4-6-8-10-12-13-15-17-19-20(3)18-16-14-11-9-7-5-2;/h3*20H,3-19H2,1-2H3;. The van der Waals surface area contributed by atoms with Crippen LogP contribution in [0.1, 0.15) is 350 Å². The maximum atomic E-state index is 2.38. The largest absolute Gasteiger partial charge is 0.262 e. The van der Waals surface area contributed by atoms with E-state index in [1.807, 2.05) is 0 Å². The topological polar surface area (TPSA) is 0 Å². The molecular weight excluding hydrogens is 748 g/mol. The summed E-state index contributed by atoms with van der Waals surface area (Å²) in [6.45, 7) is 14.2. The summed E-state index contributed by atoms with van der Waals surface area (Å²) in [7, 11) is 0. The van der Waals surface area contributed by atoms with Gasteiger partial charge in [-0.1, -0.05) is 383 Å². The van der Waals surface area contributed by atoms with Crippen LogP contribution in [0.5, 0.6) is 0 Å². The van der Waals surface area contributed by atoms with E-state index in [1.165, 1.54) is 270 Å². The van der Waals surface area contributed by atoms with E-state index in [9.17, 15) is 0 Å². The molecular formula is C60H123Al. The van der Waals surface area contributed by atoms with Gasteiger partial charge in [0.05, 0.1) is 0 Å². The van der Waals surface area contributed by atoms with Crippen LogP contribution in [-0.4, -0.2) is 14.1 Å². The highest BCUT2D eigenvalue weighted by Crippen LogP contribution is 2.35. The highest BCUT2D eigenvalue weighted by Gasteiger charge is 2.28. The smallest absolute Gasteiger partial charge is 0.0910 e. The molecule has 0 heterocycles. The number of hydrogen-bond donors (Lipinski definition) is 0. The summed E-state index contributed by atoms with van der Waals surface area (Å²) in [5, 5.41) is 5.17. The molecule has 1 heteroatoms. The number of unbranched alkanes of at least 4 members (excludes halogenated alkanes) is 36. The Kier molecular flexibility index (Phi) is 53.6. The quantitative estimate of drug-likeness (QED) is 0.0422. The Morgan fingerprint density at radius 3 is 0.459 bits per heavy atom. The van der Waals surface area contributed by atoms with Crippen molar-refractivity contribution in [2.75, 3.05) is 0 Å². The summed E-state index contributed by atoms with van der Waals surface area (Å²) < 4.78 is 0. The van der Waals surface area contributed by atoms with Crippen molar-refractivity contribution in [3.05, 3.63) is 0 Å². The van der Waals surface area contributed by atoms with Crippen LogP contribution in [-0.2, 0) is 0 Å². The SMILES string of the molecule is CCCCCCCCCCC(CCCCCCCC)[CH2][Al]([CH2]C(CCCCCCCC)CCCCCCCCCC)[CH2]C(CCCCCCCC)CCCCCCCCCC. The Morgan fingerprint density at radius 1 is 0.180 bits per heavy atom. The van der Waals surface area contributed by atoms with Gasteiger partial charge in [-0.25, -0.2) is 0 Å². The molecule has 0 aliphatic heterocycles. The molecule has 0 radical (unpaired) electrons. The monoisotopic (exact) mass is 871 g/mol. The van der Waals surface area contributed by atoms with Gasteiger partial charge >= 0.3 is 0 Å². The molecule has 0 bridgehead atoms. The van der Waals surface area contributed by atoms with E-state index in [0.29, 0.717) is 0 Å². The third-order valence-electron chi connectivity index (χ3n) is 15.3. The maximum absolute atomic E-state index is 2.38. The number of rotatable bonds is 54. The van der Waals surface area contributed by atoms with Crippen LogP contribution in [0.2, 0.25) is 15.8 Å². The van der Waals surface area contributed by atoms with Crippen LogP contribution in [0.25, 0.3) is 0 Å². The van der Waals surface area contributed by atoms with Crippen molar-refractivity contribution < 1.29 is 0 Å². The van der Waals surface area contributed by atoms with Crippen molar-refractivity contribution in [1.82, 2.24) is 0 Å². The molecule has 0 nitrogen and oxygen atoms in total. The molecule has 3 atom stereocenters. The molecule has 0 spiro atoms. The van der Waals surface area contributed by atoms with Gasteiger partial charge in [0.2, 0.25) is 0 Å². The summed E-state index contributed by atoms with van der Waals surface area (Å²) in [5.74, 6) is 3.16. The van der Waals surface area contributed by atoms with Crippen molar-refractivity contribution in [2.45, 2.75) is 366 Å². The van der Waals surface area contributed by atoms with Crippen molar-refractivity contribution in [3.63, 3.8) is 0 Å². The van der Waals surface area contributed by atoms with Crippen LogP contribution in [0.15, 0.2) is 0 Å². The van der Waals surface area contributed by atoms with Gasteiger partial charge in [-0.3, -0.25) is 0 Å². The molecule has 0 saturated heterocycles. The van der Waals surface area contributed by atoms with Crippen LogP contribution >= 0.6 is 0 Å². The van der Waals surface area contributed by atoms with Crippen molar-refractivity contribution in [2.24, 2.45) is 17.8 Å². The zero-order chi connectivity index (χ0) is 44.4. The minimum absolute atomic E-state index is 0.852. The third-order valence-corrected chi connectivity index (χ3v) is 19.3. The van der Waals surface area contributed by atoms with Gasteiger partial charge in [-0.2, -0.15) is 0 Å². The third kappa shape index (κ3) is 46.9. The summed E-state index contributed by atoms with van der Waals surface area (Å²) in [4.78, 5) is 0. The lowest BCUT2D eigenvalue weighted by Crippen LogP contribution is -2.25. The molecule has 0 amide bonds. The fraction of sp³-hybridized carbons (Fsp3) is 1.00. The fourth-order valence-corrected chi connectivity index (χ4v) is 16.0. The second kappa shape index (κ2) is 53.2. The van der Waals surface area contributed by atoms with Gasteiger partial charge in [-0.05, 0) is 0 Å². The summed E-state index contributed by atoms with van der Waals surface area (Å²) >= 11 is -0.852. The minimum Gasteiger partial charge on any atom is -0.0910 e. The van der Waals surface area contributed by atoms with Crippen LogP contribution in [0.4, 0.5) is 0 Å². The molecule has 0 aromatic carbocycles. The van der Waals surface area contributed by atoms with E-state index in [2.05, 4.69) is 41.5 Å². The van der Waals surface area contributed by atoms with Gasteiger partial charge in [0.25, 0.3) is 14.1 Å². The normalized spacial score (nSPS) is 13.3. The predicted molar refractivity (Wildman–Crippen MR) is 286 cm³/mol. The lowest BCUT2D eigenvalue weighted by molar-refractivity contribution is 0.403. The second-order valence-corrected chi connectivity index (χ2v) is 24.8. The summed E-state index contributed by atoms with van der Waals surface area (Å²) in [5.41, 5.74) is 0. The van der Waals surface area contributed by atoms with Crippen molar-refractivity contribution >= 4 is 14.1 Å². The van der Waals surface area contributed by atoms with E-state index >= 15 is 0 Å². The first-order valence-electron chi connectivity index (χ1n) is 30.1. The molecule has 0 saturated carbocycles. The Balaban J connectivity index is 6.07. The highest BCUT2D eigenvalue weighted by molar-refractivity contribution is 6.59. The van der Waals surface area contributed by atoms with Crippen LogP contribution in [0.3, 0.4) is 0 Å². The van der Waals surface area contributed by atoms with E-state index in [-0.39, 0.29) is 0 Å². The van der Waals surface area contributed by atoms with Crippen LogP contribution in [0, 0.1) is 17.8 Å². The highest BCUT2D eigenvalue weighted by atomic mass is 27.2. The fourth-order valence-electron chi connectivity index (χ4n) is 11.2. The second-order valence-electron chi connectivity index (χ2n) is 21.6. The van der Waals surface area contributed by atoms with Crippen molar-refractivity contribution in [3.8, 4) is 0 Å². The van der Waals surface area contributed by atoms with Gasteiger partial charge < -0.3 is 0 Å². The molecule has 0 N–H and O–H groups in total. The Morgan fingerprint density at radius 2 is 0.311 bits per heavy atom. The Hall–Kier alpha value is 0.532. The van der Waals surface area contributed by atoms with E-state index in [4.69, 9.17) is 0 Å². The van der Waals surface area contributed by atoms with Gasteiger partial charge in [0, 0.05) is 0 Å². The van der Waals surface area contributed by atoms with Crippen molar-refractivity contribution in [1.29, 1.82) is 0 Å². The van der Waals surface area contributed by atoms with Gasteiger partial charge in [0.15, 0.2) is 0 Å². The average molecular weight is 872 g/mol. The maximum Gasteiger partial charge on any atom is 0.262 e. The zero-order valence-electron chi connectivity index (χ0n) is 44.4. The summed E-state index contributed by atoms with van der Waals surface area (Å²) in [6, 6.07) is 0. The van der Waals surface area contributed by atoms with Gasteiger partial charge in [0.1, 0.15) is 0 Å². The van der Waals surface area contributed by atoms with Gasteiger partial charge in [-0.15, -0.1) is 0 Å². The first-order valence-corrected chi connectivity index (χ1v) is 32.6. The Labute approximate surface area is 395 Å². The first kappa shape index (κ1) is 61.5. The minimum atomic E-state index is -0.852. The molecule has 61 heavy (non-hydrogen) atoms. The molecule has 0 aromatic rings. The first-order chi connectivity index (χ1) is 30.1. The zero-order valence-corrected chi connectivity index (χ0v) is 45.5. The predicted octanol–water partition coefficient (Wildman–Crippen LogP) is 23.2. The lowest BCUT2D eigenvalue weighted by Gasteiger charge is -2.28. The number of hydrogen-bond acceptors (Lipinski definition) is 0. The molecule has 0 aliphatic carbocycles. The average Bonchev–Trinajstić information content (AvgIpc) is 3.26.